The fourth-order valence-electron chi connectivity index (χ4n) is 1.90. The van der Waals surface area contributed by atoms with E-state index in [4.69, 9.17) is 5.73 Å². The standard InChI is InChI=1S/C14H12BrF2N/c1-8-12(3-2-4-13(8)15)14(18)9-5-10(16)7-11(17)6-9/h2-7,14H,18H2,1H3. The van der Waals surface area contributed by atoms with Gasteiger partial charge in [-0.15, -0.1) is 0 Å². The summed E-state index contributed by atoms with van der Waals surface area (Å²) in [6.07, 6.45) is 0. The van der Waals surface area contributed by atoms with Gasteiger partial charge in [0, 0.05) is 10.5 Å². The van der Waals surface area contributed by atoms with Crippen molar-refractivity contribution in [2.24, 2.45) is 5.73 Å². The number of benzene rings is 2. The summed E-state index contributed by atoms with van der Waals surface area (Å²) in [5.41, 5.74) is 8.30. The van der Waals surface area contributed by atoms with Crippen LogP contribution in [-0.2, 0) is 0 Å². The highest BCUT2D eigenvalue weighted by Crippen LogP contribution is 2.28. The van der Waals surface area contributed by atoms with Crippen LogP contribution in [0, 0.1) is 18.6 Å². The molecule has 2 N–H and O–H groups in total. The van der Waals surface area contributed by atoms with E-state index in [1.807, 2.05) is 25.1 Å². The monoisotopic (exact) mass is 311 g/mol. The first-order valence-corrected chi connectivity index (χ1v) is 6.25. The largest absolute Gasteiger partial charge is 0.320 e. The van der Waals surface area contributed by atoms with Gasteiger partial charge >= 0.3 is 0 Å². The molecule has 0 aliphatic rings. The highest BCUT2D eigenvalue weighted by molar-refractivity contribution is 9.10. The zero-order chi connectivity index (χ0) is 13.3. The molecule has 2 aromatic carbocycles. The molecule has 0 saturated heterocycles. The van der Waals surface area contributed by atoms with Gasteiger partial charge in [-0.1, -0.05) is 28.1 Å². The van der Waals surface area contributed by atoms with Gasteiger partial charge in [-0.3, -0.25) is 0 Å². The van der Waals surface area contributed by atoms with Crippen molar-refractivity contribution in [1.82, 2.24) is 0 Å². The molecule has 0 bridgehead atoms. The van der Waals surface area contributed by atoms with E-state index in [1.54, 1.807) is 0 Å². The van der Waals surface area contributed by atoms with Gasteiger partial charge < -0.3 is 5.73 Å². The predicted octanol–water partition coefficient (Wildman–Crippen LogP) is 4.08. The maximum atomic E-state index is 13.2. The van der Waals surface area contributed by atoms with Gasteiger partial charge in [-0.05, 0) is 41.8 Å². The molecule has 1 nitrogen and oxygen atoms in total. The molecule has 0 fully saturated rings. The zero-order valence-corrected chi connectivity index (χ0v) is 11.3. The van der Waals surface area contributed by atoms with Crippen LogP contribution in [0.15, 0.2) is 40.9 Å². The molecule has 1 unspecified atom stereocenters. The smallest absolute Gasteiger partial charge is 0.126 e. The number of nitrogens with two attached hydrogens (primary N) is 1. The Morgan fingerprint density at radius 3 is 2.33 bits per heavy atom. The van der Waals surface area contributed by atoms with E-state index in [2.05, 4.69) is 15.9 Å². The van der Waals surface area contributed by atoms with Crippen LogP contribution < -0.4 is 5.73 Å². The predicted molar refractivity (Wildman–Crippen MR) is 71.3 cm³/mol. The zero-order valence-electron chi connectivity index (χ0n) is 9.75. The van der Waals surface area contributed by atoms with E-state index in [9.17, 15) is 8.78 Å². The van der Waals surface area contributed by atoms with Crippen LogP contribution in [0.3, 0.4) is 0 Å². The van der Waals surface area contributed by atoms with Crippen molar-refractivity contribution in [3.8, 4) is 0 Å². The van der Waals surface area contributed by atoms with Crippen molar-refractivity contribution in [2.45, 2.75) is 13.0 Å². The van der Waals surface area contributed by atoms with Crippen LogP contribution in [0.5, 0.6) is 0 Å². The highest BCUT2D eigenvalue weighted by Gasteiger charge is 2.14. The molecule has 0 aliphatic carbocycles. The van der Waals surface area contributed by atoms with Crippen molar-refractivity contribution >= 4 is 15.9 Å². The van der Waals surface area contributed by atoms with Gasteiger partial charge in [0.2, 0.25) is 0 Å². The Bertz CT molecular complexity index is 564. The van der Waals surface area contributed by atoms with E-state index < -0.39 is 17.7 Å². The van der Waals surface area contributed by atoms with E-state index in [-0.39, 0.29) is 0 Å². The summed E-state index contributed by atoms with van der Waals surface area (Å²) in [5, 5.41) is 0. The fourth-order valence-corrected chi connectivity index (χ4v) is 2.28. The van der Waals surface area contributed by atoms with E-state index >= 15 is 0 Å². The van der Waals surface area contributed by atoms with Gasteiger partial charge in [0.15, 0.2) is 0 Å². The molecule has 0 aromatic heterocycles. The second-order valence-electron chi connectivity index (χ2n) is 4.13. The molecule has 1 atom stereocenters. The van der Waals surface area contributed by atoms with Crippen molar-refractivity contribution in [3.05, 3.63) is 69.2 Å². The molecule has 0 aliphatic heterocycles. The third kappa shape index (κ3) is 2.60. The third-order valence-electron chi connectivity index (χ3n) is 2.89. The molecule has 4 heteroatoms. The maximum absolute atomic E-state index is 13.2. The summed E-state index contributed by atoms with van der Waals surface area (Å²) in [6.45, 7) is 1.91. The van der Waals surface area contributed by atoms with Gasteiger partial charge in [0.1, 0.15) is 11.6 Å². The Labute approximate surface area is 113 Å². The molecular formula is C14H12BrF2N. The highest BCUT2D eigenvalue weighted by atomic mass is 79.9. The topological polar surface area (TPSA) is 26.0 Å². The summed E-state index contributed by atoms with van der Waals surface area (Å²) in [5.74, 6) is -1.24. The summed E-state index contributed by atoms with van der Waals surface area (Å²) >= 11 is 3.41. The molecule has 18 heavy (non-hydrogen) atoms. The summed E-state index contributed by atoms with van der Waals surface area (Å²) < 4.78 is 27.3. The minimum Gasteiger partial charge on any atom is -0.320 e. The van der Waals surface area contributed by atoms with Crippen LogP contribution >= 0.6 is 15.9 Å². The summed E-state index contributed by atoms with van der Waals surface area (Å²) in [4.78, 5) is 0. The lowest BCUT2D eigenvalue weighted by Gasteiger charge is -2.16. The third-order valence-corrected chi connectivity index (χ3v) is 3.75. The molecule has 94 valence electrons. The van der Waals surface area contributed by atoms with Crippen LogP contribution in [0.1, 0.15) is 22.7 Å². The summed E-state index contributed by atoms with van der Waals surface area (Å²) in [6, 6.07) is 8.41. The Morgan fingerprint density at radius 2 is 1.72 bits per heavy atom. The molecule has 0 saturated carbocycles. The normalized spacial score (nSPS) is 12.5. The SMILES string of the molecule is Cc1c(Br)cccc1C(N)c1cc(F)cc(F)c1. The van der Waals surface area contributed by atoms with Gasteiger partial charge in [0.05, 0.1) is 6.04 Å². The Kier molecular flexibility index (Phi) is 3.78. The molecular weight excluding hydrogens is 300 g/mol. The number of rotatable bonds is 2. The Morgan fingerprint density at radius 1 is 1.11 bits per heavy atom. The molecule has 2 aromatic rings. The molecule has 0 radical (unpaired) electrons. The van der Waals surface area contributed by atoms with Crippen molar-refractivity contribution in [3.63, 3.8) is 0 Å². The van der Waals surface area contributed by atoms with Crippen LogP contribution in [0.2, 0.25) is 0 Å². The van der Waals surface area contributed by atoms with Crippen LogP contribution in [0.4, 0.5) is 8.78 Å². The number of hydrogen-bond donors (Lipinski definition) is 1. The first-order chi connectivity index (χ1) is 8.49. The van der Waals surface area contributed by atoms with Crippen molar-refractivity contribution in [1.29, 1.82) is 0 Å². The minimum absolute atomic E-state index is 0.425. The fraction of sp³-hybridized carbons (Fsp3) is 0.143. The molecule has 0 heterocycles. The minimum atomic E-state index is -0.618. The lowest BCUT2D eigenvalue weighted by Crippen LogP contribution is -2.14. The van der Waals surface area contributed by atoms with E-state index in [0.29, 0.717) is 5.56 Å². The molecule has 2 rings (SSSR count). The lowest BCUT2D eigenvalue weighted by molar-refractivity contribution is 0.577. The average Bonchev–Trinajstić information content (AvgIpc) is 2.30. The second kappa shape index (κ2) is 5.16. The van der Waals surface area contributed by atoms with Crippen LogP contribution in [0.25, 0.3) is 0 Å². The second-order valence-corrected chi connectivity index (χ2v) is 4.99. The van der Waals surface area contributed by atoms with Gasteiger partial charge in [0.25, 0.3) is 0 Å². The first kappa shape index (κ1) is 13.2. The molecule has 0 spiro atoms. The molecule has 0 amide bonds. The van der Waals surface area contributed by atoms with Gasteiger partial charge in [-0.25, -0.2) is 8.78 Å². The number of hydrogen-bond acceptors (Lipinski definition) is 1. The summed E-state index contributed by atoms with van der Waals surface area (Å²) in [7, 11) is 0. The maximum Gasteiger partial charge on any atom is 0.126 e. The average molecular weight is 312 g/mol. The lowest BCUT2D eigenvalue weighted by atomic mass is 9.96. The van der Waals surface area contributed by atoms with Crippen molar-refractivity contribution in [2.75, 3.05) is 0 Å². The van der Waals surface area contributed by atoms with Gasteiger partial charge in [-0.2, -0.15) is 0 Å². The van der Waals surface area contributed by atoms with Crippen LogP contribution in [-0.4, -0.2) is 0 Å². The number of halogens is 3. The van der Waals surface area contributed by atoms with E-state index in [1.165, 1.54) is 12.1 Å². The Balaban J connectivity index is 2.47. The quantitative estimate of drug-likeness (QED) is 0.888. The van der Waals surface area contributed by atoms with Crippen molar-refractivity contribution < 1.29 is 8.78 Å². The first-order valence-electron chi connectivity index (χ1n) is 5.45. The Hall–Kier alpha value is -1.26. The van der Waals surface area contributed by atoms with E-state index in [0.717, 1.165) is 21.7 Å².